The molecule has 0 spiro atoms. The molecule has 0 aliphatic carbocycles. The number of carbonyl (C=O) groups excluding carboxylic acids is 1. The van der Waals surface area contributed by atoms with Crippen molar-refractivity contribution in [2.75, 3.05) is 32.7 Å². The molecular formula is C50H110N4OU. The number of piperidine rings is 2. The molecule has 0 aromatic rings. The number of nitrogens with zero attached hydrogens (tertiary/aromatic N) is 3. The number of carbonyl (C=O) groups is 1. The second-order valence-corrected chi connectivity index (χ2v) is 17.7. The Morgan fingerprint density at radius 2 is 0.875 bits per heavy atom. The van der Waals surface area contributed by atoms with Crippen molar-refractivity contribution >= 4 is 5.91 Å². The normalized spacial score (nSPS) is 20.7. The van der Waals surface area contributed by atoms with E-state index in [0.29, 0.717) is 41.7 Å². The van der Waals surface area contributed by atoms with E-state index >= 15 is 0 Å². The fraction of sp³-hybridized carbons (Fsp3) is 0.940. The molecule has 3 aliphatic rings. The molecule has 340 valence electrons. The smallest absolute Gasteiger partial charge is 0.343 e. The zero-order chi connectivity index (χ0) is 44.6. The first-order valence-electron chi connectivity index (χ1n) is 23.9. The first-order chi connectivity index (χ1) is 25.7. The average Bonchev–Trinajstić information content (AvgIpc) is 3.57. The van der Waals surface area contributed by atoms with Crippen LogP contribution in [-0.2, 0) is 4.79 Å². The maximum Gasteiger partial charge on any atom is 2.00 e. The summed E-state index contributed by atoms with van der Waals surface area (Å²) >= 11 is 0. The van der Waals surface area contributed by atoms with Gasteiger partial charge in [0.25, 0.3) is 0 Å². The van der Waals surface area contributed by atoms with E-state index in [1.54, 1.807) is 0 Å². The molecule has 56 heavy (non-hydrogen) atoms. The van der Waals surface area contributed by atoms with Crippen LogP contribution in [0, 0.1) is 92.3 Å². The molecular weight excluding hydrogens is 911 g/mol. The van der Waals surface area contributed by atoms with E-state index in [2.05, 4.69) is 140 Å². The van der Waals surface area contributed by atoms with Gasteiger partial charge in [0.1, 0.15) is 0 Å². The van der Waals surface area contributed by atoms with E-state index < -0.39 is 0 Å². The van der Waals surface area contributed by atoms with Crippen LogP contribution in [-0.4, -0.2) is 83.5 Å². The molecule has 5 nitrogen and oxygen atoms in total. The minimum Gasteiger partial charge on any atom is -0.343 e. The molecule has 3 aliphatic heterocycles. The third-order valence-corrected chi connectivity index (χ3v) is 11.0. The van der Waals surface area contributed by atoms with Crippen LogP contribution in [0.3, 0.4) is 0 Å². The first-order valence-corrected chi connectivity index (χ1v) is 23.9. The summed E-state index contributed by atoms with van der Waals surface area (Å²) in [4.78, 5) is 18.7. The number of rotatable bonds is 10. The van der Waals surface area contributed by atoms with Crippen molar-refractivity contribution in [1.29, 1.82) is 0 Å². The van der Waals surface area contributed by atoms with Gasteiger partial charge in [0, 0.05) is 44.2 Å². The Morgan fingerprint density at radius 3 is 1.09 bits per heavy atom. The molecule has 5 unspecified atom stereocenters. The number of nitrogens with one attached hydrogen (secondary N) is 1. The van der Waals surface area contributed by atoms with Gasteiger partial charge >= 0.3 is 31.1 Å². The zero-order valence-electron chi connectivity index (χ0n) is 43.2. The van der Waals surface area contributed by atoms with Gasteiger partial charge in [0.2, 0.25) is 5.91 Å². The van der Waals surface area contributed by atoms with Gasteiger partial charge in [0.05, 0.1) is 0 Å². The third-order valence-electron chi connectivity index (χ3n) is 11.0. The molecule has 0 saturated carbocycles. The molecule has 3 saturated heterocycles. The Balaban J connectivity index is -0.000000139. The van der Waals surface area contributed by atoms with E-state index in [0.717, 1.165) is 48.7 Å². The van der Waals surface area contributed by atoms with Crippen LogP contribution in [0.5, 0.6) is 0 Å². The van der Waals surface area contributed by atoms with Gasteiger partial charge in [0.15, 0.2) is 0 Å². The minimum absolute atomic E-state index is 0. The van der Waals surface area contributed by atoms with Gasteiger partial charge in [-0.1, -0.05) is 131 Å². The van der Waals surface area contributed by atoms with Crippen molar-refractivity contribution < 1.29 is 35.9 Å². The van der Waals surface area contributed by atoms with Gasteiger partial charge in [-0.25, -0.2) is 0 Å². The van der Waals surface area contributed by atoms with E-state index in [-0.39, 0.29) is 37.2 Å². The van der Waals surface area contributed by atoms with Gasteiger partial charge in [-0.2, -0.15) is 5.92 Å². The second-order valence-electron chi connectivity index (χ2n) is 17.7. The number of hydrogen-bond acceptors (Lipinski definition) is 4. The molecule has 6 heteroatoms. The van der Waals surface area contributed by atoms with Crippen LogP contribution in [0.2, 0.25) is 0 Å². The molecule has 1 N–H and O–H groups in total. The summed E-state index contributed by atoms with van der Waals surface area (Å²) in [5, 5.41) is 3.35. The maximum atomic E-state index is 11.5. The SMILES string of the molecule is CC.CC.CC.CC.CC(C)C1CC(=O)N(C(C)C)C1.CC(C)C1CCCN(C(C)C)C1.CC(C)C1CCCN(C(C)C)C1.[CH2-]C(NC(C)C)C([CH2-])C(C)C.[U+2]. The van der Waals surface area contributed by atoms with Gasteiger partial charge in [-0.3, -0.25) is 4.79 Å². The summed E-state index contributed by atoms with van der Waals surface area (Å²) in [7, 11) is 0. The van der Waals surface area contributed by atoms with E-state index in [1.165, 1.54) is 51.9 Å². The van der Waals surface area contributed by atoms with Crippen LogP contribution in [0.1, 0.15) is 198 Å². The van der Waals surface area contributed by atoms with Gasteiger partial charge < -0.3 is 33.9 Å². The predicted octanol–water partition coefficient (Wildman–Crippen LogP) is 13.8. The molecule has 0 bridgehead atoms. The fourth-order valence-corrected chi connectivity index (χ4v) is 6.83. The molecule has 3 rings (SSSR count). The van der Waals surface area contributed by atoms with Crippen molar-refractivity contribution in [2.45, 2.75) is 228 Å². The Kier molecular flexibility index (Phi) is 51.2. The summed E-state index contributed by atoms with van der Waals surface area (Å²) in [6.07, 6.45) is 6.46. The van der Waals surface area contributed by atoms with Crippen molar-refractivity contribution in [3.63, 3.8) is 0 Å². The van der Waals surface area contributed by atoms with Crippen molar-refractivity contribution in [1.82, 2.24) is 20.0 Å². The molecule has 5 atom stereocenters. The van der Waals surface area contributed by atoms with Gasteiger partial charge in [-0.05, 0) is 122 Å². The summed E-state index contributed by atoms with van der Waals surface area (Å²) in [6.45, 7) is 66.2. The Labute approximate surface area is 382 Å². The second kappa shape index (κ2) is 42.1. The first kappa shape index (κ1) is 68.1. The van der Waals surface area contributed by atoms with Crippen LogP contribution in [0.25, 0.3) is 0 Å². The quantitative estimate of drug-likeness (QED) is 0.221. The molecule has 3 fully saturated rings. The van der Waals surface area contributed by atoms with E-state index in [9.17, 15) is 4.79 Å². The number of amides is 1. The average molecular weight is 1020 g/mol. The summed E-state index contributed by atoms with van der Waals surface area (Å²) in [6, 6.07) is 2.63. The van der Waals surface area contributed by atoms with Crippen LogP contribution in [0.15, 0.2) is 0 Å². The zero-order valence-corrected chi connectivity index (χ0v) is 47.4. The Bertz CT molecular complexity index is 738. The predicted molar refractivity (Wildman–Crippen MR) is 255 cm³/mol. The number of hydrogen-bond donors (Lipinski definition) is 1. The van der Waals surface area contributed by atoms with Gasteiger partial charge in [-0.15, -0.1) is 6.04 Å². The topological polar surface area (TPSA) is 38.8 Å². The van der Waals surface area contributed by atoms with Crippen molar-refractivity contribution in [2.24, 2.45) is 47.3 Å². The molecule has 1 amide bonds. The van der Waals surface area contributed by atoms with Crippen LogP contribution in [0.4, 0.5) is 0 Å². The van der Waals surface area contributed by atoms with Crippen LogP contribution >= 0.6 is 0 Å². The molecule has 3 heterocycles. The molecule has 0 radical (unpaired) electrons. The fourth-order valence-electron chi connectivity index (χ4n) is 6.83. The Hall–Kier alpha value is 0.402. The van der Waals surface area contributed by atoms with Crippen molar-refractivity contribution in [3.05, 3.63) is 13.8 Å². The Morgan fingerprint density at radius 1 is 0.536 bits per heavy atom. The standard InChI is InChI=1S/2C11H23N.C10H19NO.C10H21N.4C2H6.U/c2*1-9(2)11-6-5-7-12(8-11)10(3)4;1-7(2)9-5-10(12)11(6-9)8(3)4;1-7(2)9(5)10(6)11-8(3)4;4*1-2;/h2*9-11H,5-8H2,1-4H3;7-9H,5-6H2,1-4H3;7-11H,5-6H2,1-4H3;4*1-2H3;/q;;;-2;;;;;+2. The largest absolute Gasteiger partial charge is 2.00 e. The van der Waals surface area contributed by atoms with Crippen molar-refractivity contribution in [3.8, 4) is 0 Å². The third kappa shape index (κ3) is 33.2. The van der Waals surface area contributed by atoms with E-state index in [4.69, 9.17) is 0 Å². The monoisotopic (exact) mass is 1020 g/mol. The molecule has 0 aromatic heterocycles. The minimum atomic E-state index is 0. The molecule has 0 aromatic carbocycles. The summed E-state index contributed by atoms with van der Waals surface area (Å²) in [5.41, 5.74) is 0. The van der Waals surface area contributed by atoms with Crippen LogP contribution < -0.4 is 5.32 Å². The summed E-state index contributed by atoms with van der Waals surface area (Å²) < 4.78 is 0. The maximum absolute atomic E-state index is 11.5. The van der Waals surface area contributed by atoms with E-state index in [1.807, 2.05) is 60.3 Å². The number of likely N-dealkylation sites (tertiary alicyclic amines) is 3. The summed E-state index contributed by atoms with van der Waals surface area (Å²) in [5.74, 6) is 6.18.